The topological polar surface area (TPSA) is 46.5 Å². The minimum Gasteiger partial charge on any atom is -0.451 e. The van der Waals surface area contributed by atoms with Crippen molar-refractivity contribution in [2.75, 3.05) is 6.61 Å². The third kappa shape index (κ3) is 1.19. The Hall–Kier alpha value is -1.42. The van der Waals surface area contributed by atoms with Gasteiger partial charge in [0.2, 0.25) is 0 Å². The highest BCUT2D eigenvalue weighted by Gasteiger charge is 2.30. The summed E-state index contributed by atoms with van der Waals surface area (Å²) in [6, 6.07) is 3.77. The monoisotopic (exact) mass is 182 g/mol. The van der Waals surface area contributed by atoms with Crippen LogP contribution in [0.15, 0.2) is 18.2 Å². The van der Waals surface area contributed by atoms with Gasteiger partial charge in [0.1, 0.15) is 5.82 Å². The molecule has 3 nitrogen and oxygen atoms in total. The first-order valence-electron chi connectivity index (χ1n) is 3.83. The smallest absolute Gasteiger partial charge is 0.339 e. The Bertz CT molecular complexity index is 362. The van der Waals surface area contributed by atoms with Gasteiger partial charge in [0, 0.05) is 5.56 Å². The van der Waals surface area contributed by atoms with Crippen LogP contribution in [-0.4, -0.2) is 17.7 Å². The molecule has 1 aromatic carbocycles. The normalized spacial score (nSPS) is 19.8. The molecule has 0 fully saturated rings. The molecular weight excluding hydrogens is 175 g/mol. The highest BCUT2D eigenvalue weighted by Crippen LogP contribution is 2.30. The molecule has 13 heavy (non-hydrogen) atoms. The molecule has 1 aliphatic rings. The third-order valence-corrected chi connectivity index (χ3v) is 2.00. The van der Waals surface area contributed by atoms with Crippen LogP contribution in [0.25, 0.3) is 0 Å². The zero-order chi connectivity index (χ0) is 9.42. The van der Waals surface area contributed by atoms with Crippen molar-refractivity contribution in [3.63, 3.8) is 0 Å². The number of carbonyl (C=O) groups excluding carboxylic acids is 1. The zero-order valence-electron chi connectivity index (χ0n) is 6.66. The molecule has 1 atom stereocenters. The summed E-state index contributed by atoms with van der Waals surface area (Å²) in [5.74, 6) is -0.940. The van der Waals surface area contributed by atoms with Crippen molar-refractivity contribution in [1.29, 1.82) is 0 Å². The number of cyclic esters (lactones) is 1. The Morgan fingerprint density at radius 3 is 3.00 bits per heavy atom. The average molecular weight is 182 g/mol. The second kappa shape index (κ2) is 2.81. The predicted octanol–water partition coefficient (Wildman–Crippen LogP) is 1.03. The number of hydrogen-bond donors (Lipinski definition) is 1. The van der Waals surface area contributed by atoms with Gasteiger partial charge in [0.05, 0.1) is 12.2 Å². The van der Waals surface area contributed by atoms with E-state index in [1.54, 1.807) is 0 Å². The first-order valence-corrected chi connectivity index (χ1v) is 3.83. The maximum absolute atomic E-state index is 12.8. The van der Waals surface area contributed by atoms with Crippen molar-refractivity contribution in [2.45, 2.75) is 6.10 Å². The Morgan fingerprint density at radius 1 is 1.54 bits per heavy atom. The summed E-state index contributed by atoms with van der Waals surface area (Å²) in [6.45, 7) is -0.317. The van der Waals surface area contributed by atoms with Crippen LogP contribution in [0.2, 0.25) is 0 Å². The number of hydrogen-bond acceptors (Lipinski definition) is 3. The molecule has 0 saturated carbocycles. The first-order chi connectivity index (χ1) is 6.22. The van der Waals surface area contributed by atoms with Gasteiger partial charge in [-0.2, -0.15) is 0 Å². The number of fused-ring (bicyclic) bond motifs is 1. The third-order valence-electron chi connectivity index (χ3n) is 2.00. The fourth-order valence-corrected chi connectivity index (χ4v) is 1.38. The standard InChI is InChI=1S/C9H7FO3/c10-5-1-2-6-7(3-5)8(4-11)13-9(6)12/h1-3,8,11H,4H2. The van der Waals surface area contributed by atoms with Crippen LogP contribution in [0.1, 0.15) is 22.0 Å². The number of esters is 1. The van der Waals surface area contributed by atoms with Gasteiger partial charge in [0.15, 0.2) is 6.10 Å². The molecular formula is C9H7FO3. The van der Waals surface area contributed by atoms with E-state index in [2.05, 4.69) is 0 Å². The Labute approximate surface area is 73.8 Å². The molecule has 0 spiro atoms. The zero-order valence-corrected chi connectivity index (χ0v) is 6.66. The van der Waals surface area contributed by atoms with E-state index in [9.17, 15) is 9.18 Å². The van der Waals surface area contributed by atoms with E-state index < -0.39 is 17.9 Å². The molecule has 0 aromatic heterocycles. The molecule has 1 unspecified atom stereocenters. The summed E-state index contributed by atoms with van der Waals surface area (Å²) in [5.41, 5.74) is 0.757. The highest BCUT2D eigenvalue weighted by molar-refractivity contribution is 5.94. The SMILES string of the molecule is O=C1OC(CO)c2cc(F)ccc21. The number of aliphatic hydroxyl groups is 1. The summed E-state index contributed by atoms with van der Waals surface area (Å²) in [5, 5.41) is 8.82. The molecule has 1 heterocycles. The second-order valence-corrected chi connectivity index (χ2v) is 2.81. The molecule has 1 aromatic rings. The van der Waals surface area contributed by atoms with E-state index >= 15 is 0 Å². The highest BCUT2D eigenvalue weighted by atomic mass is 19.1. The van der Waals surface area contributed by atoms with Crippen LogP contribution >= 0.6 is 0 Å². The molecule has 2 rings (SSSR count). The van der Waals surface area contributed by atoms with Gasteiger partial charge in [-0.25, -0.2) is 9.18 Å². The quantitative estimate of drug-likeness (QED) is 0.660. The fraction of sp³-hybridized carbons (Fsp3) is 0.222. The van der Waals surface area contributed by atoms with E-state index in [4.69, 9.17) is 9.84 Å². The largest absolute Gasteiger partial charge is 0.451 e. The molecule has 0 saturated heterocycles. The number of ether oxygens (including phenoxy) is 1. The summed E-state index contributed by atoms with van der Waals surface area (Å²) in [6.07, 6.45) is -0.710. The maximum Gasteiger partial charge on any atom is 0.339 e. The maximum atomic E-state index is 12.8. The van der Waals surface area contributed by atoms with Crippen molar-refractivity contribution in [2.24, 2.45) is 0 Å². The van der Waals surface area contributed by atoms with Gasteiger partial charge in [-0.1, -0.05) is 0 Å². The first kappa shape index (κ1) is 8.19. The van der Waals surface area contributed by atoms with Crippen LogP contribution in [0.3, 0.4) is 0 Å². The van der Waals surface area contributed by atoms with E-state index in [1.165, 1.54) is 18.2 Å². The van der Waals surface area contributed by atoms with Crippen molar-refractivity contribution in [3.05, 3.63) is 35.1 Å². The number of carbonyl (C=O) groups is 1. The lowest BCUT2D eigenvalue weighted by Gasteiger charge is -2.04. The van der Waals surface area contributed by atoms with E-state index in [-0.39, 0.29) is 6.61 Å². The average Bonchev–Trinajstić information content (AvgIpc) is 2.42. The number of halogens is 1. The lowest BCUT2D eigenvalue weighted by Crippen LogP contribution is -2.02. The van der Waals surface area contributed by atoms with Crippen LogP contribution in [0.5, 0.6) is 0 Å². The second-order valence-electron chi connectivity index (χ2n) is 2.81. The van der Waals surface area contributed by atoms with E-state index in [1.807, 2.05) is 0 Å². The molecule has 1 N–H and O–H groups in total. The fourth-order valence-electron chi connectivity index (χ4n) is 1.38. The van der Waals surface area contributed by atoms with Crippen LogP contribution in [-0.2, 0) is 4.74 Å². The number of aliphatic hydroxyl groups excluding tert-OH is 1. The van der Waals surface area contributed by atoms with Crippen LogP contribution in [0, 0.1) is 5.82 Å². The molecule has 4 heteroatoms. The van der Waals surface area contributed by atoms with E-state index in [0.29, 0.717) is 11.1 Å². The van der Waals surface area contributed by atoms with Gasteiger partial charge in [-0.3, -0.25) is 0 Å². The van der Waals surface area contributed by atoms with Gasteiger partial charge >= 0.3 is 5.97 Å². The summed E-state index contributed by atoms with van der Waals surface area (Å²) in [7, 11) is 0. The van der Waals surface area contributed by atoms with Gasteiger partial charge in [-0.05, 0) is 18.2 Å². The van der Waals surface area contributed by atoms with Crippen molar-refractivity contribution >= 4 is 5.97 Å². The molecule has 0 aliphatic carbocycles. The molecule has 0 bridgehead atoms. The minimum atomic E-state index is -0.710. The lowest BCUT2D eigenvalue weighted by molar-refractivity contribution is 0.0235. The van der Waals surface area contributed by atoms with Gasteiger partial charge in [-0.15, -0.1) is 0 Å². The van der Waals surface area contributed by atoms with E-state index in [0.717, 1.165) is 0 Å². The van der Waals surface area contributed by atoms with Crippen molar-refractivity contribution in [3.8, 4) is 0 Å². The predicted molar refractivity (Wildman–Crippen MR) is 41.6 cm³/mol. The lowest BCUT2D eigenvalue weighted by atomic mass is 10.1. The van der Waals surface area contributed by atoms with Gasteiger partial charge < -0.3 is 9.84 Å². The Balaban J connectivity index is 2.52. The Kier molecular flexibility index (Phi) is 1.77. The van der Waals surface area contributed by atoms with Crippen molar-refractivity contribution in [1.82, 2.24) is 0 Å². The molecule has 68 valence electrons. The summed E-state index contributed by atoms with van der Waals surface area (Å²) in [4.78, 5) is 11.1. The number of benzene rings is 1. The molecule has 0 radical (unpaired) electrons. The summed E-state index contributed by atoms with van der Waals surface area (Å²) < 4.78 is 17.5. The molecule has 0 amide bonds. The van der Waals surface area contributed by atoms with Crippen LogP contribution in [0.4, 0.5) is 4.39 Å². The molecule has 1 aliphatic heterocycles. The number of rotatable bonds is 1. The van der Waals surface area contributed by atoms with Crippen molar-refractivity contribution < 1.29 is 19.0 Å². The Morgan fingerprint density at radius 2 is 2.31 bits per heavy atom. The van der Waals surface area contributed by atoms with Gasteiger partial charge in [0.25, 0.3) is 0 Å². The summed E-state index contributed by atoms with van der Waals surface area (Å²) >= 11 is 0. The van der Waals surface area contributed by atoms with Crippen LogP contribution < -0.4 is 0 Å². The minimum absolute atomic E-state index is 0.317.